The Morgan fingerprint density at radius 3 is 2.00 bits per heavy atom. The first kappa shape index (κ1) is 13.5. The number of aliphatic hydroxyl groups excluding tert-OH is 1. The topological polar surface area (TPSA) is 60.8 Å². The second kappa shape index (κ2) is 5.19. The molecule has 0 saturated heterocycles. The molecule has 0 atom stereocenters. The van der Waals surface area contributed by atoms with Gasteiger partial charge in [-0.1, -0.05) is 24.3 Å². The molecule has 0 unspecified atom stereocenters. The highest BCUT2D eigenvalue weighted by Gasteiger charge is 2.25. The fourth-order valence-corrected chi connectivity index (χ4v) is 1.52. The van der Waals surface area contributed by atoms with Gasteiger partial charge < -0.3 is 10.2 Å². The zero-order valence-corrected chi connectivity index (χ0v) is 10.5. The molecule has 0 aliphatic rings. The lowest BCUT2D eigenvalue weighted by Crippen LogP contribution is -2.44. The summed E-state index contributed by atoms with van der Waals surface area (Å²) in [5.41, 5.74) is 1.31. The van der Waals surface area contributed by atoms with Gasteiger partial charge in [0.05, 0.1) is 6.61 Å². The van der Waals surface area contributed by atoms with Gasteiger partial charge in [-0.05, 0) is 31.9 Å². The van der Waals surface area contributed by atoms with Crippen LogP contribution in [0.2, 0.25) is 0 Å². The van der Waals surface area contributed by atoms with Crippen molar-refractivity contribution in [2.75, 3.05) is 0 Å². The molecule has 0 aliphatic heterocycles. The molecule has 1 aromatic rings. The molecule has 0 spiro atoms. The standard InChI is InChI=1S/C13H19NO3/c1-13(2,3)14(12(16)17)8-10-4-6-11(9-15)7-5-10/h4-7,15H,8-9H2,1-3H3,(H,16,17). The van der Waals surface area contributed by atoms with Gasteiger partial charge in [-0.3, -0.25) is 4.90 Å². The molecule has 0 heterocycles. The number of amides is 1. The van der Waals surface area contributed by atoms with Crippen molar-refractivity contribution in [3.8, 4) is 0 Å². The van der Waals surface area contributed by atoms with Crippen LogP contribution in [0.4, 0.5) is 4.79 Å². The van der Waals surface area contributed by atoms with E-state index in [1.54, 1.807) is 12.1 Å². The number of benzene rings is 1. The average Bonchev–Trinajstić information content (AvgIpc) is 2.24. The quantitative estimate of drug-likeness (QED) is 0.849. The number of nitrogens with zero attached hydrogens (tertiary/aromatic N) is 1. The summed E-state index contributed by atoms with van der Waals surface area (Å²) in [6, 6.07) is 7.29. The van der Waals surface area contributed by atoms with Crippen LogP contribution in [0.15, 0.2) is 24.3 Å². The largest absolute Gasteiger partial charge is 0.465 e. The van der Waals surface area contributed by atoms with Crippen molar-refractivity contribution in [1.29, 1.82) is 0 Å². The first-order valence-electron chi connectivity index (χ1n) is 5.54. The molecule has 0 bridgehead atoms. The summed E-state index contributed by atoms with van der Waals surface area (Å²) in [6.45, 7) is 5.95. The van der Waals surface area contributed by atoms with Crippen molar-refractivity contribution in [1.82, 2.24) is 4.90 Å². The monoisotopic (exact) mass is 237 g/mol. The van der Waals surface area contributed by atoms with Crippen LogP contribution >= 0.6 is 0 Å². The Kier molecular flexibility index (Phi) is 4.12. The highest BCUT2D eigenvalue weighted by atomic mass is 16.4. The third-order valence-electron chi connectivity index (χ3n) is 2.59. The van der Waals surface area contributed by atoms with Crippen LogP contribution in [0.25, 0.3) is 0 Å². The third-order valence-corrected chi connectivity index (χ3v) is 2.59. The predicted molar refractivity (Wildman–Crippen MR) is 65.7 cm³/mol. The van der Waals surface area contributed by atoms with E-state index in [1.807, 2.05) is 32.9 Å². The van der Waals surface area contributed by atoms with Crippen molar-refractivity contribution in [3.05, 3.63) is 35.4 Å². The minimum absolute atomic E-state index is 0.00218. The summed E-state index contributed by atoms with van der Waals surface area (Å²) in [5.74, 6) is 0. The van der Waals surface area contributed by atoms with Crippen LogP contribution in [0.5, 0.6) is 0 Å². The van der Waals surface area contributed by atoms with E-state index < -0.39 is 11.6 Å². The lowest BCUT2D eigenvalue weighted by atomic mass is 10.0. The van der Waals surface area contributed by atoms with E-state index in [1.165, 1.54) is 4.90 Å². The molecule has 0 aliphatic carbocycles. The smallest absolute Gasteiger partial charge is 0.408 e. The average molecular weight is 237 g/mol. The molecular weight excluding hydrogens is 218 g/mol. The molecule has 2 N–H and O–H groups in total. The minimum atomic E-state index is -0.927. The van der Waals surface area contributed by atoms with Gasteiger partial charge in [-0.2, -0.15) is 0 Å². The van der Waals surface area contributed by atoms with Crippen molar-refractivity contribution in [2.24, 2.45) is 0 Å². The lowest BCUT2D eigenvalue weighted by Gasteiger charge is -2.33. The van der Waals surface area contributed by atoms with Crippen LogP contribution in [0.3, 0.4) is 0 Å². The van der Waals surface area contributed by atoms with E-state index in [0.717, 1.165) is 11.1 Å². The SMILES string of the molecule is CC(C)(C)N(Cc1ccc(CO)cc1)C(=O)O. The molecule has 0 saturated carbocycles. The van der Waals surface area contributed by atoms with E-state index in [4.69, 9.17) is 10.2 Å². The highest BCUT2D eigenvalue weighted by molar-refractivity contribution is 5.66. The Labute approximate surface area is 101 Å². The number of hydrogen-bond donors (Lipinski definition) is 2. The molecule has 0 radical (unpaired) electrons. The molecule has 4 nitrogen and oxygen atoms in total. The molecule has 1 rings (SSSR count). The van der Waals surface area contributed by atoms with Crippen LogP contribution < -0.4 is 0 Å². The van der Waals surface area contributed by atoms with Gasteiger partial charge in [0.2, 0.25) is 0 Å². The lowest BCUT2D eigenvalue weighted by molar-refractivity contribution is 0.0955. The van der Waals surface area contributed by atoms with Gasteiger partial charge in [0.25, 0.3) is 0 Å². The highest BCUT2D eigenvalue weighted by Crippen LogP contribution is 2.17. The Hall–Kier alpha value is -1.55. The second-order valence-corrected chi connectivity index (χ2v) is 5.01. The van der Waals surface area contributed by atoms with Gasteiger partial charge in [0.15, 0.2) is 0 Å². The summed E-state index contributed by atoms with van der Waals surface area (Å²) in [4.78, 5) is 12.5. The first-order valence-corrected chi connectivity index (χ1v) is 5.54. The number of rotatable bonds is 3. The maximum atomic E-state index is 11.2. The minimum Gasteiger partial charge on any atom is -0.465 e. The van der Waals surface area contributed by atoms with E-state index in [0.29, 0.717) is 6.54 Å². The van der Waals surface area contributed by atoms with E-state index >= 15 is 0 Å². The molecular formula is C13H19NO3. The molecule has 0 aromatic heterocycles. The predicted octanol–water partition coefficient (Wildman–Crippen LogP) is 2.46. The van der Waals surface area contributed by atoms with Crippen molar-refractivity contribution in [3.63, 3.8) is 0 Å². The Bertz CT molecular complexity index is 379. The molecule has 94 valence electrons. The van der Waals surface area contributed by atoms with Crippen molar-refractivity contribution >= 4 is 6.09 Å². The zero-order chi connectivity index (χ0) is 13.1. The zero-order valence-electron chi connectivity index (χ0n) is 10.5. The molecule has 1 aromatic carbocycles. The van der Waals surface area contributed by atoms with Crippen LogP contribution in [0, 0.1) is 0 Å². The number of hydrogen-bond acceptors (Lipinski definition) is 2. The van der Waals surface area contributed by atoms with Crippen molar-refractivity contribution < 1.29 is 15.0 Å². The van der Waals surface area contributed by atoms with Gasteiger partial charge in [-0.15, -0.1) is 0 Å². The maximum absolute atomic E-state index is 11.2. The van der Waals surface area contributed by atoms with Gasteiger partial charge >= 0.3 is 6.09 Å². The molecule has 0 fully saturated rings. The van der Waals surface area contributed by atoms with Gasteiger partial charge in [0, 0.05) is 12.1 Å². The second-order valence-electron chi connectivity index (χ2n) is 5.01. The Morgan fingerprint density at radius 2 is 1.65 bits per heavy atom. The number of carbonyl (C=O) groups is 1. The molecule has 4 heteroatoms. The van der Waals surface area contributed by atoms with E-state index in [2.05, 4.69) is 0 Å². The van der Waals surface area contributed by atoms with Crippen LogP contribution in [-0.4, -0.2) is 26.7 Å². The van der Waals surface area contributed by atoms with Crippen molar-refractivity contribution in [2.45, 2.75) is 39.5 Å². The van der Waals surface area contributed by atoms with Crippen LogP contribution in [-0.2, 0) is 13.2 Å². The normalized spacial score (nSPS) is 11.3. The summed E-state index contributed by atoms with van der Waals surface area (Å²) < 4.78 is 0. The van der Waals surface area contributed by atoms with Crippen LogP contribution in [0.1, 0.15) is 31.9 Å². The molecule has 1 amide bonds. The molecule has 17 heavy (non-hydrogen) atoms. The van der Waals surface area contributed by atoms with E-state index in [9.17, 15) is 4.79 Å². The number of aliphatic hydroxyl groups is 1. The summed E-state index contributed by atoms with van der Waals surface area (Å²) in [7, 11) is 0. The van der Waals surface area contributed by atoms with Gasteiger partial charge in [0.1, 0.15) is 0 Å². The Balaban J connectivity index is 2.83. The van der Waals surface area contributed by atoms with Gasteiger partial charge in [-0.25, -0.2) is 4.79 Å². The maximum Gasteiger partial charge on any atom is 0.408 e. The first-order chi connectivity index (χ1) is 7.84. The summed E-state index contributed by atoms with van der Waals surface area (Å²) in [6.07, 6.45) is -0.927. The Morgan fingerprint density at radius 1 is 1.18 bits per heavy atom. The number of carboxylic acid groups (broad SMARTS) is 1. The fourth-order valence-electron chi connectivity index (χ4n) is 1.52. The summed E-state index contributed by atoms with van der Waals surface area (Å²) in [5, 5.41) is 18.1. The summed E-state index contributed by atoms with van der Waals surface area (Å²) >= 11 is 0. The third kappa shape index (κ3) is 3.75. The fraction of sp³-hybridized carbons (Fsp3) is 0.462. The van der Waals surface area contributed by atoms with E-state index in [-0.39, 0.29) is 6.61 Å².